The van der Waals surface area contributed by atoms with Crippen molar-refractivity contribution in [3.05, 3.63) is 42.5 Å². The van der Waals surface area contributed by atoms with E-state index in [9.17, 15) is 17.2 Å². The second kappa shape index (κ2) is 9.34. The molecule has 9 heteroatoms. The molecule has 0 bridgehead atoms. The molecule has 1 rings (SSSR count). The van der Waals surface area contributed by atoms with Gasteiger partial charge in [-0.3, -0.25) is 4.55 Å². The van der Waals surface area contributed by atoms with E-state index in [0.29, 0.717) is 6.54 Å². The van der Waals surface area contributed by atoms with Crippen molar-refractivity contribution in [1.82, 2.24) is 5.32 Å². The van der Waals surface area contributed by atoms with Gasteiger partial charge < -0.3 is 11.1 Å². The minimum absolute atomic E-state index is 0.0741. The number of thiocarbonyl (C=S) groups is 1. The van der Waals surface area contributed by atoms with Crippen molar-refractivity contribution >= 4 is 27.4 Å². The molecule has 0 amide bonds. The Balaban J connectivity index is 0.000000361. The molecular formula is C11H14F2N2O3S2. The van der Waals surface area contributed by atoms with E-state index in [-0.39, 0.29) is 16.4 Å². The van der Waals surface area contributed by atoms with E-state index in [4.69, 9.17) is 10.3 Å². The van der Waals surface area contributed by atoms with E-state index < -0.39 is 16.2 Å². The molecule has 0 aromatic heterocycles. The molecule has 0 saturated carbocycles. The Morgan fingerprint density at radius 3 is 2.25 bits per heavy atom. The number of hydrogen-bond acceptors (Lipinski definition) is 3. The lowest BCUT2D eigenvalue weighted by atomic mass is 10.4. The van der Waals surface area contributed by atoms with Gasteiger partial charge in [-0.25, -0.2) is 0 Å². The Morgan fingerprint density at radius 1 is 1.35 bits per heavy atom. The van der Waals surface area contributed by atoms with Crippen LogP contribution in [0.15, 0.2) is 47.4 Å². The highest BCUT2D eigenvalue weighted by molar-refractivity contribution is 7.85. The monoisotopic (exact) mass is 324 g/mol. The molecule has 0 spiro atoms. The number of rotatable bonds is 4. The molecule has 0 aliphatic rings. The molecule has 0 aliphatic heterocycles. The first-order valence-electron chi connectivity index (χ1n) is 5.30. The average molecular weight is 324 g/mol. The van der Waals surface area contributed by atoms with E-state index >= 15 is 0 Å². The summed E-state index contributed by atoms with van der Waals surface area (Å²) in [5.41, 5.74) is 5.02. The third-order valence-corrected chi connectivity index (χ3v) is 2.80. The highest BCUT2D eigenvalue weighted by Gasteiger charge is 2.05. The summed E-state index contributed by atoms with van der Waals surface area (Å²) >= 11 is 4.43. The van der Waals surface area contributed by atoms with Gasteiger partial charge in [0.15, 0.2) is 5.11 Å². The van der Waals surface area contributed by atoms with Crippen molar-refractivity contribution < 1.29 is 21.8 Å². The summed E-state index contributed by atoms with van der Waals surface area (Å²) in [4.78, 5) is -0.0741. The first-order valence-corrected chi connectivity index (χ1v) is 7.15. The van der Waals surface area contributed by atoms with Crippen LogP contribution in [0.1, 0.15) is 6.42 Å². The van der Waals surface area contributed by atoms with Gasteiger partial charge in [0.2, 0.25) is 0 Å². The maximum absolute atomic E-state index is 11.3. The van der Waals surface area contributed by atoms with Crippen molar-refractivity contribution in [1.29, 1.82) is 0 Å². The third-order valence-electron chi connectivity index (χ3n) is 1.78. The average Bonchev–Trinajstić information content (AvgIpc) is 2.35. The Bertz CT molecular complexity index is 544. The molecule has 112 valence electrons. The fourth-order valence-electron chi connectivity index (χ4n) is 0.969. The molecule has 0 unspecified atom stereocenters. The molecule has 0 atom stereocenters. The highest BCUT2D eigenvalue weighted by Crippen LogP contribution is 2.05. The SMILES string of the molecule is NC(=S)NCCC=C(F)F.O=S(=O)(O)c1ccccc1. The summed E-state index contributed by atoms with van der Waals surface area (Å²) < 4.78 is 51.9. The third kappa shape index (κ3) is 10.4. The molecule has 0 fully saturated rings. The zero-order valence-electron chi connectivity index (χ0n) is 10.3. The molecule has 1 aromatic carbocycles. The van der Waals surface area contributed by atoms with Crippen LogP contribution < -0.4 is 11.1 Å². The van der Waals surface area contributed by atoms with Crippen LogP contribution >= 0.6 is 12.2 Å². The predicted molar refractivity (Wildman–Crippen MR) is 76.0 cm³/mol. The summed E-state index contributed by atoms with van der Waals surface area (Å²) in [6.45, 7) is 0.354. The molecule has 0 aliphatic carbocycles. The van der Waals surface area contributed by atoms with Gasteiger partial charge >= 0.3 is 0 Å². The number of halogens is 2. The van der Waals surface area contributed by atoms with Crippen LogP contribution in [0.3, 0.4) is 0 Å². The van der Waals surface area contributed by atoms with Gasteiger partial charge in [0.25, 0.3) is 16.2 Å². The topological polar surface area (TPSA) is 92.4 Å². The zero-order chi connectivity index (χ0) is 15.6. The minimum Gasteiger partial charge on any atom is -0.376 e. The number of nitrogens with one attached hydrogen (secondary N) is 1. The summed E-state index contributed by atoms with van der Waals surface area (Å²) in [5.74, 6) is 0. The van der Waals surface area contributed by atoms with Crippen LogP contribution in [0.5, 0.6) is 0 Å². The standard InChI is InChI=1S/C6H6O3S.C5H8F2N2S/c7-10(8,9)6-4-2-1-3-5-6;6-4(7)2-1-3-9-5(8)10/h1-5H,(H,7,8,9);2H,1,3H2,(H3,8,9,10). The molecular weight excluding hydrogens is 310 g/mol. The van der Waals surface area contributed by atoms with Crippen molar-refractivity contribution in [3.63, 3.8) is 0 Å². The summed E-state index contributed by atoms with van der Waals surface area (Å²) in [6, 6.07) is 7.42. The fraction of sp³-hybridized carbons (Fsp3) is 0.182. The Labute approximate surface area is 121 Å². The largest absolute Gasteiger partial charge is 0.376 e. The summed E-state index contributed by atoms with van der Waals surface area (Å²) in [7, 11) is -4.00. The van der Waals surface area contributed by atoms with Crippen LogP contribution in [0, 0.1) is 0 Å². The van der Waals surface area contributed by atoms with Gasteiger partial charge in [-0.1, -0.05) is 18.2 Å². The molecule has 1 aromatic rings. The first kappa shape index (κ1) is 18.4. The van der Waals surface area contributed by atoms with Gasteiger partial charge in [-0.05, 0) is 36.8 Å². The lowest BCUT2D eigenvalue weighted by Gasteiger charge is -1.97. The Hall–Kier alpha value is -1.58. The Kier molecular flexibility index (Phi) is 8.61. The van der Waals surface area contributed by atoms with Gasteiger partial charge in [0, 0.05) is 6.54 Å². The second-order valence-corrected chi connectivity index (χ2v) is 5.22. The molecule has 20 heavy (non-hydrogen) atoms. The van der Waals surface area contributed by atoms with Gasteiger partial charge in [-0.2, -0.15) is 17.2 Å². The minimum atomic E-state index is -4.00. The van der Waals surface area contributed by atoms with Crippen LogP contribution in [0.4, 0.5) is 8.78 Å². The van der Waals surface area contributed by atoms with Crippen LogP contribution in [-0.4, -0.2) is 24.6 Å². The second-order valence-electron chi connectivity index (χ2n) is 3.36. The maximum atomic E-state index is 11.3. The Morgan fingerprint density at radius 2 is 1.90 bits per heavy atom. The van der Waals surface area contributed by atoms with E-state index in [1.807, 2.05) is 0 Å². The summed E-state index contributed by atoms with van der Waals surface area (Å²) in [6.07, 6.45) is -0.630. The molecule has 4 N–H and O–H groups in total. The van der Waals surface area contributed by atoms with Crippen LogP contribution in [-0.2, 0) is 10.1 Å². The van der Waals surface area contributed by atoms with Gasteiger partial charge in [0.05, 0.1) is 4.90 Å². The number of nitrogens with two attached hydrogens (primary N) is 1. The highest BCUT2D eigenvalue weighted by atomic mass is 32.2. The zero-order valence-corrected chi connectivity index (χ0v) is 11.9. The first-order chi connectivity index (χ1) is 9.23. The van der Waals surface area contributed by atoms with E-state index in [0.717, 1.165) is 6.08 Å². The van der Waals surface area contributed by atoms with Crippen LogP contribution in [0.25, 0.3) is 0 Å². The van der Waals surface area contributed by atoms with Crippen molar-refractivity contribution in [2.24, 2.45) is 5.73 Å². The predicted octanol–water partition coefficient (Wildman–Crippen LogP) is 1.92. The molecule has 5 nitrogen and oxygen atoms in total. The normalized spacial score (nSPS) is 9.95. The maximum Gasteiger partial charge on any atom is 0.294 e. The van der Waals surface area contributed by atoms with E-state index in [1.54, 1.807) is 18.2 Å². The molecule has 0 radical (unpaired) electrons. The lowest BCUT2D eigenvalue weighted by Crippen LogP contribution is -2.29. The summed E-state index contributed by atoms with van der Waals surface area (Å²) in [5, 5.41) is 2.66. The van der Waals surface area contributed by atoms with Crippen LogP contribution in [0.2, 0.25) is 0 Å². The molecule has 0 heterocycles. The smallest absolute Gasteiger partial charge is 0.294 e. The number of hydrogen-bond donors (Lipinski definition) is 3. The van der Waals surface area contributed by atoms with E-state index in [2.05, 4.69) is 17.5 Å². The number of benzene rings is 1. The van der Waals surface area contributed by atoms with E-state index in [1.165, 1.54) is 12.1 Å². The van der Waals surface area contributed by atoms with Crippen molar-refractivity contribution in [2.45, 2.75) is 11.3 Å². The fourth-order valence-corrected chi connectivity index (χ4v) is 1.57. The lowest BCUT2D eigenvalue weighted by molar-refractivity contribution is 0.417. The van der Waals surface area contributed by atoms with Crippen molar-refractivity contribution in [3.8, 4) is 0 Å². The van der Waals surface area contributed by atoms with Gasteiger partial charge in [-0.15, -0.1) is 0 Å². The molecule has 0 saturated heterocycles. The van der Waals surface area contributed by atoms with Crippen molar-refractivity contribution in [2.75, 3.05) is 6.54 Å². The van der Waals surface area contributed by atoms with Gasteiger partial charge in [0.1, 0.15) is 0 Å². The quantitative estimate of drug-likeness (QED) is 0.445.